The molecule has 0 heterocycles. The van der Waals surface area contributed by atoms with Crippen LogP contribution >= 0.6 is 0 Å². The van der Waals surface area contributed by atoms with Gasteiger partial charge in [0, 0.05) is 7.11 Å². The fourth-order valence-corrected chi connectivity index (χ4v) is 0.736. The quantitative estimate of drug-likeness (QED) is 0.296. The Labute approximate surface area is 93.9 Å². The number of esters is 1. The summed E-state index contributed by atoms with van der Waals surface area (Å²) in [6, 6.07) is 0. The zero-order chi connectivity index (χ0) is 12.2. The maximum absolute atomic E-state index is 10.8. The molecule has 0 aliphatic rings. The maximum Gasteiger partial charge on any atom is 0.334 e. The highest BCUT2D eigenvalue weighted by atomic mass is 16.7. The fourth-order valence-electron chi connectivity index (χ4n) is 0.736. The second kappa shape index (κ2) is 10.8. The Morgan fingerprint density at radius 2 is 1.81 bits per heavy atom. The lowest BCUT2D eigenvalue weighted by molar-refractivity contribution is -0.191. The average Bonchev–Trinajstić information content (AvgIpc) is 2.27. The lowest BCUT2D eigenvalue weighted by Gasteiger charge is -2.08. The van der Waals surface area contributed by atoms with Crippen LogP contribution in [0.5, 0.6) is 0 Å². The lowest BCUT2D eigenvalue weighted by atomic mass is 10.6. The van der Waals surface area contributed by atoms with Crippen molar-refractivity contribution in [1.82, 2.24) is 0 Å². The van der Waals surface area contributed by atoms with Crippen LogP contribution in [0.2, 0.25) is 0 Å². The van der Waals surface area contributed by atoms with Crippen molar-refractivity contribution in [2.24, 2.45) is 0 Å². The normalized spacial score (nSPS) is 12.4. The molecule has 7 nitrogen and oxygen atoms in total. The summed E-state index contributed by atoms with van der Waals surface area (Å²) in [5, 5.41) is 18.8. The van der Waals surface area contributed by atoms with Crippen molar-refractivity contribution in [1.29, 1.82) is 0 Å². The summed E-state index contributed by atoms with van der Waals surface area (Å²) < 4.78 is 18.9. The van der Waals surface area contributed by atoms with Gasteiger partial charge in [0.15, 0.2) is 0 Å². The van der Waals surface area contributed by atoms with E-state index in [2.05, 4.69) is 4.74 Å². The second-order valence-electron chi connectivity index (χ2n) is 2.76. The Kier molecular flexibility index (Phi) is 10.3. The minimum Gasteiger partial charge on any atom is -0.429 e. The molecule has 7 heteroatoms. The van der Waals surface area contributed by atoms with Crippen LogP contribution < -0.4 is 0 Å². The smallest absolute Gasteiger partial charge is 0.334 e. The number of hydrogen-bond acceptors (Lipinski definition) is 6. The van der Waals surface area contributed by atoms with E-state index in [0.29, 0.717) is 19.8 Å². The zero-order valence-electron chi connectivity index (χ0n) is 9.22. The summed E-state index contributed by atoms with van der Waals surface area (Å²) in [6.07, 6.45) is -1.74. The van der Waals surface area contributed by atoms with Crippen LogP contribution in [0.4, 0.5) is 0 Å². The van der Waals surface area contributed by atoms with E-state index in [-0.39, 0.29) is 13.2 Å². The van der Waals surface area contributed by atoms with E-state index in [9.17, 15) is 9.90 Å². The van der Waals surface area contributed by atoms with Gasteiger partial charge < -0.3 is 24.1 Å². The highest BCUT2D eigenvalue weighted by Gasteiger charge is 2.10. The number of aliphatic hydroxyl groups is 1. The van der Waals surface area contributed by atoms with E-state index < -0.39 is 18.9 Å². The summed E-state index contributed by atoms with van der Waals surface area (Å²) in [5.41, 5.74) is 0. The second-order valence-corrected chi connectivity index (χ2v) is 2.76. The molecule has 1 radical (unpaired) electrons. The molecule has 0 saturated heterocycles. The molecule has 0 aromatic rings. The van der Waals surface area contributed by atoms with Gasteiger partial charge in [0.05, 0.1) is 26.4 Å². The summed E-state index contributed by atoms with van der Waals surface area (Å²) in [5.74, 6) is -0.800. The molecule has 1 unspecified atom stereocenters. The van der Waals surface area contributed by atoms with Gasteiger partial charge in [-0.2, -0.15) is 5.11 Å². The van der Waals surface area contributed by atoms with Crippen LogP contribution in [0.25, 0.3) is 0 Å². The fraction of sp³-hybridized carbons (Fsp3) is 0.889. The number of aliphatic hydroxyl groups excluding tert-OH is 1. The number of carbonyl (C=O) groups is 1. The third-order valence-electron chi connectivity index (χ3n) is 1.44. The minimum absolute atomic E-state index is 0.224. The van der Waals surface area contributed by atoms with Crippen LogP contribution in [0, 0.1) is 0 Å². The van der Waals surface area contributed by atoms with Crippen LogP contribution in [-0.4, -0.2) is 64.1 Å². The Bertz CT molecular complexity index is 173. The third kappa shape index (κ3) is 9.81. The number of hydrogen-bond donors (Lipinski definition) is 1. The van der Waals surface area contributed by atoms with Gasteiger partial charge >= 0.3 is 5.97 Å². The predicted molar refractivity (Wildman–Crippen MR) is 51.2 cm³/mol. The molecule has 0 spiro atoms. The number of rotatable bonds is 10. The number of ether oxygens (including phenoxy) is 4. The van der Waals surface area contributed by atoms with Gasteiger partial charge in [0.1, 0.15) is 13.2 Å². The van der Waals surface area contributed by atoms with Crippen LogP contribution in [0.15, 0.2) is 0 Å². The van der Waals surface area contributed by atoms with Gasteiger partial charge in [-0.3, -0.25) is 0 Å². The van der Waals surface area contributed by atoms with Gasteiger partial charge in [0.25, 0.3) is 6.29 Å². The van der Waals surface area contributed by atoms with Gasteiger partial charge in [0.2, 0.25) is 0 Å². The molecular weight excluding hydrogens is 220 g/mol. The van der Waals surface area contributed by atoms with Crippen molar-refractivity contribution >= 4 is 5.97 Å². The standard InChI is InChI=1S/C9H17O7/c1-13-2-3-14-4-5-15-7-9(12)16-8(11)6-10/h8,10H,2-7H2,1H3. The predicted octanol–water partition coefficient (Wildman–Crippen LogP) is -1.04. The molecule has 0 rings (SSSR count). The third-order valence-corrected chi connectivity index (χ3v) is 1.44. The first kappa shape index (κ1) is 15.3. The Morgan fingerprint density at radius 3 is 2.44 bits per heavy atom. The van der Waals surface area contributed by atoms with Crippen LogP contribution in [-0.2, 0) is 28.8 Å². The molecule has 1 N–H and O–H groups in total. The van der Waals surface area contributed by atoms with Gasteiger partial charge in [-0.15, -0.1) is 0 Å². The Hall–Kier alpha value is -0.730. The SMILES string of the molecule is COCCOCCOCC(=O)OC([O])CO. The van der Waals surface area contributed by atoms with Crippen molar-refractivity contribution in [3.63, 3.8) is 0 Å². The number of methoxy groups -OCH3 is 1. The molecule has 0 saturated carbocycles. The molecule has 0 fully saturated rings. The molecule has 0 aliphatic heterocycles. The van der Waals surface area contributed by atoms with Crippen molar-refractivity contribution < 1.29 is 34.0 Å². The Morgan fingerprint density at radius 1 is 1.19 bits per heavy atom. The average molecular weight is 237 g/mol. The van der Waals surface area contributed by atoms with Crippen LogP contribution in [0.1, 0.15) is 0 Å². The van der Waals surface area contributed by atoms with Crippen molar-refractivity contribution in [3.8, 4) is 0 Å². The monoisotopic (exact) mass is 237 g/mol. The van der Waals surface area contributed by atoms with Gasteiger partial charge in [-0.1, -0.05) is 0 Å². The highest BCUT2D eigenvalue weighted by Crippen LogP contribution is 1.89. The zero-order valence-corrected chi connectivity index (χ0v) is 9.22. The van der Waals surface area contributed by atoms with Crippen molar-refractivity contribution in [3.05, 3.63) is 0 Å². The van der Waals surface area contributed by atoms with Crippen LogP contribution in [0.3, 0.4) is 0 Å². The van der Waals surface area contributed by atoms with Crippen molar-refractivity contribution in [2.45, 2.75) is 6.29 Å². The van der Waals surface area contributed by atoms with E-state index in [0.717, 1.165) is 0 Å². The highest BCUT2D eigenvalue weighted by molar-refractivity contribution is 5.70. The van der Waals surface area contributed by atoms with E-state index in [4.69, 9.17) is 19.3 Å². The Balaban J connectivity index is 3.21. The maximum atomic E-state index is 10.8. The summed E-state index contributed by atoms with van der Waals surface area (Å²) in [7, 11) is 1.57. The largest absolute Gasteiger partial charge is 0.429 e. The first-order valence-corrected chi connectivity index (χ1v) is 4.81. The molecule has 0 aromatic heterocycles. The molecule has 0 bridgehead atoms. The first-order valence-electron chi connectivity index (χ1n) is 4.81. The lowest BCUT2D eigenvalue weighted by Crippen LogP contribution is -2.23. The van der Waals surface area contributed by atoms with Gasteiger partial charge in [-0.25, -0.2) is 4.79 Å². The number of carbonyl (C=O) groups excluding carboxylic acids is 1. The summed E-state index contributed by atoms with van der Waals surface area (Å²) in [6.45, 7) is 0.436. The minimum atomic E-state index is -1.74. The molecule has 0 amide bonds. The van der Waals surface area contributed by atoms with Gasteiger partial charge in [-0.05, 0) is 0 Å². The molecule has 0 aromatic carbocycles. The topological polar surface area (TPSA) is 94.1 Å². The van der Waals surface area contributed by atoms with E-state index in [1.807, 2.05) is 0 Å². The molecule has 16 heavy (non-hydrogen) atoms. The van der Waals surface area contributed by atoms with E-state index >= 15 is 0 Å². The van der Waals surface area contributed by atoms with Crippen molar-refractivity contribution in [2.75, 3.05) is 46.8 Å². The van der Waals surface area contributed by atoms with E-state index in [1.54, 1.807) is 7.11 Å². The molecule has 1 atom stereocenters. The molecule has 0 aliphatic carbocycles. The first-order chi connectivity index (χ1) is 7.70. The molecule has 95 valence electrons. The summed E-state index contributed by atoms with van der Waals surface area (Å²) in [4.78, 5) is 10.8. The van der Waals surface area contributed by atoms with E-state index in [1.165, 1.54) is 0 Å². The summed E-state index contributed by atoms with van der Waals surface area (Å²) >= 11 is 0. The molecular formula is C9H17O7.